The smallest absolute Gasteiger partial charge is 0.309 e. The van der Waals surface area contributed by atoms with Gasteiger partial charge in [0.2, 0.25) is 0 Å². The molecule has 0 aliphatic carbocycles. The van der Waals surface area contributed by atoms with E-state index in [4.69, 9.17) is 15.0 Å². The van der Waals surface area contributed by atoms with E-state index in [2.05, 4.69) is 159 Å². The highest BCUT2D eigenvalue weighted by molar-refractivity contribution is 6.15. The van der Waals surface area contributed by atoms with Crippen LogP contribution >= 0.6 is 0 Å². The van der Waals surface area contributed by atoms with E-state index in [1.807, 2.05) is 126 Å². The van der Waals surface area contributed by atoms with Crippen molar-refractivity contribution in [2.24, 2.45) is 0 Å². The van der Waals surface area contributed by atoms with Gasteiger partial charge in [-0.25, -0.2) is 15.0 Å². The number of halogens is 3. The first-order valence-corrected chi connectivity index (χ1v) is 28.6. The van der Waals surface area contributed by atoms with E-state index in [1.165, 1.54) is 12.1 Å². The number of fused-ring (bicyclic) bond motifs is 12. The molecule has 0 spiro atoms. The molecule has 406 valence electrons. The van der Waals surface area contributed by atoms with E-state index in [-0.39, 0.29) is 11.4 Å². The molecule has 0 unspecified atom stereocenters. The number of nitrogens with zero attached hydrogens (tertiary/aromatic N) is 7. The van der Waals surface area contributed by atoms with Crippen molar-refractivity contribution in [3.05, 3.63) is 285 Å². The first kappa shape index (κ1) is 49.3. The number of hydrogen-bond donors (Lipinski definition) is 0. The summed E-state index contributed by atoms with van der Waals surface area (Å²) in [6, 6.07) is 92.0. The zero-order valence-electron chi connectivity index (χ0n) is 45.8. The van der Waals surface area contributed by atoms with Gasteiger partial charge >= 0.3 is 6.18 Å². The Morgan fingerprint density at radius 2 is 0.581 bits per heavy atom. The molecule has 17 rings (SSSR count). The fourth-order valence-electron chi connectivity index (χ4n) is 13.5. The molecule has 0 saturated carbocycles. The van der Waals surface area contributed by atoms with Crippen molar-refractivity contribution < 1.29 is 13.2 Å². The normalized spacial score (nSPS) is 12.1. The molecule has 0 aliphatic heterocycles. The summed E-state index contributed by atoms with van der Waals surface area (Å²) in [5.41, 5.74) is 11.4. The van der Waals surface area contributed by atoms with Gasteiger partial charge in [0.25, 0.3) is 0 Å². The summed E-state index contributed by atoms with van der Waals surface area (Å²) in [6.07, 6.45) is -4.85. The Kier molecular flexibility index (Phi) is 10.9. The monoisotopic (exact) mass is 1110 g/mol. The average molecular weight is 1110 g/mol. The molecular weight excluding hydrogens is 1070 g/mol. The van der Waals surface area contributed by atoms with Gasteiger partial charge in [-0.15, -0.1) is 0 Å². The molecule has 10 heteroatoms. The highest BCUT2D eigenvalue weighted by Gasteiger charge is 2.38. The van der Waals surface area contributed by atoms with Crippen molar-refractivity contribution in [3.8, 4) is 68.0 Å². The molecule has 0 aliphatic rings. The second kappa shape index (κ2) is 19.1. The summed E-state index contributed by atoms with van der Waals surface area (Å²) < 4.78 is 59.3. The molecule has 7 nitrogen and oxygen atoms in total. The number of hydrogen-bond acceptors (Lipinski definition) is 3. The Morgan fingerprint density at radius 3 is 0.988 bits per heavy atom. The molecule has 86 heavy (non-hydrogen) atoms. The van der Waals surface area contributed by atoms with E-state index in [0.717, 1.165) is 110 Å². The van der Waals surface area contributed by atoms with Crippen molar-refractivity contribution in [1.29, 1.82) is 0 Å². The number of aromatic nitrogens is 7. The van der Waals surface area contributed by atoms with Crippen LogP contribution in [0.1, 0.15) is 5.56 Å². The van der Waals surface area contributed by atoms with Crippen LogP contribution in [0.3, 0.4) is 0 Å². The average Bonchev–Trinajstić information content (AvgIpc) is 1.70. The van der Waals surface area contributed by atoms with Gasteiger partial charge in [-0.05, 0) is 91.0 Å². The van der Waals surface area contributed by atoms with Crippen molar-refractivity contribution in [2.45, 2.75) is 6.18 Å². The minimum atomic E-state index is -4.85. The molecule has 0 bridgehead atoms. The van der Waals surface area contributed by atoms with Crippen LogP contribution in [-0.4, -0.2) is 33.2 Å². The van der Waals surface area contributed by atoms with E-state index < -0.39 is 11.7 Å². The zero-order valence-corrected chi connectivity index (χ0v) is 45.8. The third kappa shape index (κ3) is 7.52. The SMILES string of the molecule is FC(F)(F)c1cccc(-n2c3ccccc3c3cc(-n4c5ccccc5c5ccccc54)ccc32)c1-c1c(-c2nc(-c3ccccc3)nc(-c3ccccc3)n2)cccc1-n1c2ccccc2c2cc(-n3c4ccccc4c4ccccc43)ccc21. The minimum Gasteiger partial charge on any atom is -0.309 e. The third-order valence-corrected chi connectivity index (χ3v) is 17.1. The lowest BCUT2D eigenvalue weighted by Crippen LogP contribution is -2.12. The van der Waals surface area contributed by atoms with Gasteiger partial charge in [0.1, 0.15) is 0 Å². The Bertz CT molecular complexity index is 5430. The Labute approximate surface area is 490 Å². The predicted molar refractivity (Wildman–Crippen MR) is 344 cm³/mol. The molecule has 0 fully saturated rings. The molecule has 0 amide bonds. The Morgan fingerprint density at radius 1 is 0.256 bits per heavy atom. The number of para-hydroxylation sites is 6. The summed E-state index contributed by atoms with van der Waals surface area (Å²) in [5.74, 6) is 0.974. The van der Waals surface area contributed by atoms with Crippen molar-refractivity contribution >= 4 is 87.2 Å². The van der Waals surface area contributed by atoms with Gasteiger partial charge in [-0.2, -0.15) is 13.2 Å². The zero-order chi connectivity index (χ0) is 57.2. The quantitative estimate of drug-likeness (QED) is 0.152. The molecule has 0 radical (unpaired) electrons. The Hall–Kier alpha value is -11.4. The van der Waals surface area contributed by atoms with E-state index >= 15 is 13.2 Å². The molecule has 5 heterocycles. The minimum absolute atomic E-state index is 0.0320. The number of alkyl halides is 3. The van der Waals surface area contributed by atoms with Gasteiger partial charge < -0.3 is 18.3 Å². The lowest BCUT2D eigenvalue weighted by atomic mass is 9.90. The molecule has 0 atom stereocenters. The second-order valence-electron chi connectivity index (χ2n) is 21.8. The van der Waals surface area contributed by atoms with Crippen LogP contribution in [0.2, 0.25) is 0 Å². The highest BCUT2D eigenvalue weighted by atomic mass is 19.4. The predicted octanol–water partition coefficient (Wildman–Crippen LogP) is 19.9. The third-order valence-electron chi connectivity index (χ3n) is 17.1. The van der Waals surface area contributed by atoms with Crippen molar-refractivity contribution in [2.75, 3.05) is 0 Å². The lowest BCUT2D eigenvalue weighted by Gasteiger charge is -2.24. The maximum atomic E-state index is 16.9. The van der Waals surface area contributed by atoms with Crippen LogP contribution in [-0.2, 0) is 6.18 Å². The van der Waals surface area contributed by atoms with Crippen LogP contribution in [0.25, 0.3) is 155 Å². The molecular formula is C76H46F3N7. The van der Waals surface area contributed by atoms with Crippen LogP contribution < -0.4 is 0 Å². The molecule has 0 N–H and O–H groups in total. The van der Waals surface area contributed by atoms with E-state index in [0.29, 0.717) is 34.2 Å². The van der Waals surface area contributed by atoms with Crippen LogP contribution in [0.15, 0.2) is 279 Å². The lowest BCUT2D eigenvalue weighted by molar-refractivity contribution is -0.137. The first-order chi connectivity index (χ1) is 42.3. The van der Waals surface area contributed by atoms with Crippen LogP contribution in [0.5, 0.6) is 0 Å². The number of benzene rings is 12. The molecule has 17 aromatic rings. The maximum Gasteiger partial charge on any atom is 0.417 e. The standard InChI is InChI=1S/C76H46F3N7/c77-76(78,79)60-32-20-40-70(86-66-38-18-12-30-56(66)59-46-50(42-44-68(59)86)84-63-35-15-9-27-53(63)54-28-10-16-36-64(54)84)72(60)71-57(75-81-73(47-21-3-1-4-22-47)80-74(82-75)48-23-5-2-6-24-48)31-19-39-69(71)85-65-37-17-11-29-55(65)58-45-49(41-43-67(58)85)83-61-33-13-7-25-51(61)52-26-8-14-34-62(52)83/h1-46H. The van der Waals surface area contributed by atoms with Gasteiger partial charge in [0.05, 0.1) is 61.1 Å². The van der Waals surface area contributed by atoms with Crippen molar-refractivity contribution in [1.82, 2.24) is 33.2 Å². The molecule has 12 aromatic carbocycles. The molecule has 0 saturated heterocycles. The number of rotatable bonds is 8. The van der Waals surface area contributed by atoms with Gasteiger partial charge in [-0.3, -0.25) is 0 Å². The largest absolute Gasteiger partial charge is 0.417 e. The van der Waals surface area contributed by atoms with Gasteiger partial charge in [0, 0.05) is 82.3 Å². The van der Waals surface area contributed by atoms with Crippen LogP contribution in [0, 0.1) is 0 Å². The summed E-state index contributed by atoms with van der Waals surface area (Å²) in [4.78, 5) is 15.6. The van der Waals surface area contributed by atoms with Crippen LogP contribution in [0.4, 0.5) is 13.2 Å². The fourth-order valence-corrected chi connectivity index (χ4v) is 13.5. The second-order valence-corrected chi connectivity index (χ2v) is 21.8. The summed E-state index contributed by atoms with van der Waals surface area (Å²) in [7, 11) is 0. The summed E-state index contributed by atoms with van der Waals surface area (Å²) in [5, 5.41) is 8.18. The molecule has 5 aromatic heterocycles. The van der Waals surface area contributed by atoms with Crippen molar-refractivity contribution in [3.63, 3.8) is 0 Å². The van der Waals surface area contributed by atoms with Gasteiger partial charge in [0.15, 0.2) is 17.5 Å². The topological polar surface area (TPSA) is 58.4 Å². The summed E-state index contributed by atoms with van der Waals surface area (Å²) >= 11 is 0. The van der Waals surface area contributed by atoms with Gasteiger partial charge in [-0.1, -0.05) is 188 Å². The Balaban J connectivity index is 0.985. The fraction of sp³-hybridized carbons (Fsp3) is 0.0132. The van der Waals surface area contributed by atoms with E-state index in [9.17, 15) is 0 Å². The summed E-state index contributed by atoms with van der Waals surface area (Å²) in [6.45, 7) is 0. The first-order valence-electron chi connectivity index (χ1n) is 28.6. The maximum absolute atomic E-state index is 16.9. The van der Waals surface area contributed by atoms with E-state index in [1.54, 1.807) is 0 Å². The highest BCUT2D eigenvalue weighted by Crippen LogP contribution is 2.50.